The van der Waals surface area contributed by atoms with Gasteiger partial charge in [-0.1, -0.05) is 61.9 Å². The minimum absolute atomic E-state index is 0. The second-order valence-corrected chi connectivity index (χ2v) is 10.8. The third-order valence-electron chi connectivity index (χ3n) is 8.09. The van der Waals surface area contributed by atoms with E-state index in [1.807, 2.05) is 32.0 Å². The van der Waals surface area contributed by atoms with Crippen LogP contribution in [0, 0.1) is 32.1 Å². The number of hydrogen-bond acceptors (Lipinski definition) is 6. The minimum atomic E-state index is 0. The molecular weight excluding hydrogens is 639 g/mol. The van der Waals surface area contributed by atoms with Gasteiger partial charge in [-0.3, -0.25) is 10.8 Å². The third-order valence-corrected chi connectivity index (χ3v) is 8.09. The van der Waals surface area contributed by atoms with Gasteiger partial charge in [-0.2, -0.15) is 0 Å². The SMILES string of the molecule is CC.Cc1ccc2c(c1)CCC(N1CCCC1)CC2.Cc1nnc(C(=N)/C=C2/CCCc3ccccc3C2=N)o1.[CH3-].[Cs+]. The van der Waals surface area contributed by atoms with Crippen molar-refractivity contribution in [3.8, 4) is 0 Å². The molecule has 220 valence electrons. The van der Waals surface area contributed by atoms with E-state index in [4.69, 9.17) is 15.2 Å². The van der Waals surface area contributed by atoms with Crippen molar-refractivity contribution in [1.82, 2.24) is 15.1 Å². The van der Waals surface area contributed by atoms with Gasteiger partial charge in [-0.25, -0.2) is 0 Å². The molecule has 7 heteroatoms. The number of nitrogens with zero attached hydrogens (tertiary/aromatic N) is 3. The molecule has 3 aromatic rings. The summed E-state index contributed by atoms with van der Waals surface area (Å²) in [6, 6.07) is 15.9. The first-order chi connectivity index (χ1) is 19.5. The van der Waals surface area contributed by atoms with Gasteiger partial charge in [0.05, 0.1) is 5.71 Å². The molecule has 1 unspecified atom stereocenters. The fourth-order valence-corrected chi connectivity index (χ4v) is 6.03. The van der Waals surface area contributed by atoms with Crippen LogP contribution in [0.25, 0.3) is 0 Å². The van der Waals surface area contributed by atoms with Crippen molar-refractivity contribution in [1.29, 1.82) is 10.8 Å². The van der Waals surface area contributed by atoms with Gasteiger partial charge in [-0.05, 0) is 106 Å². The number of benzene rings is 2. The molecule has 0 amide bonds. The Morgan fingerprint density at radius 2 is 1.57 bits per heavy atom. The summed E-state index contributed by atoms with van der Waals surface area (Å²) in [5.74, 6) is 0.639. The molecule has 0 radical (unpaired) electrons. The third kappa shape index (κ3) is 9.84. The van der Waals surface area contributed by atoms with E-state index in [0.29, 0.717) is 11.6 Å². The molecule has 2 aromatic carbocycles. The number of aromatic nitrogens is 2. The van der Waals surface area contributed by atoms with Crippen molar-refractivity contribution in [2.75, 3.05) is 13.1 Å². The van der Waals surface area contributed by atoms with Crippen molar-refractivity contribution < 1.29 is 73.3 Å². The van der Waals surface area contributed by atoms with Crippen LogP contribution in [0.15, 0.2) is 58.5 Å². The molecule has 0 saturated carbocycles. The summed E-state index contributed by atoms with van der Waals surface area (Å²) in [7, 11) is 0. The maximum atomic E-state index is 8.40. The molecule has 2 heterocycles. The summed E-state index contributed by atoms with van der Waals surface area (Å²) in [5, 5.41) is 24.0. The van der Waals surface area contributed by atoms with Crippen LogP contribution in [0.3, 0.4) is 0 Å². The van der Waals surface area contributed by atoms with E-state index in [0.717, 1.165) is 36.4 Å². The van der Waals surface area contributed by atoms with Gasteiger partial charge in [0, 0.05) is 18.5 Å². The summed E-state index contributed by atoms with van der Waals surface area (Å²) in [5.41, 5.74) is 8.30. The molecule has 42 heavy (non-hydrogen) atoms. The van der Waals surface area contributed by atoms with Crippen molar-refractivity contribution in [3.05, 3.63) is 101 Å². The number of hydrogen-bond donors (Lipinski definition) is 2. The van der Waals surface area contributed by atoms with Gasteiger partial charge in [0.25, 0.3) is 5.89 Å². The Morgan fingerprint density at radius 1 is 0.881 bits per heavy atom. The van der Waals surface area contributed by atoms with Crippen LogP contribution in [-0.4, -0.2) is 45.7 Å². The maximum Gasteiger partial charge on any atom is 1.00 e. The molecule has 1 aliphatic heterocycles. The average molecular weight is 688 g/mol. The summed E-state index contributed by atoms with van der Waals surface area (Å²) in [6.07, 6.45) is 12.6. The zero-order chi connectivity index (χ0) is 28.5. The van der Waals surface area contributed by atoms with E-state index in [1.165, 1.54) is 62.7 Å². The number of rotatable bonds is 3. The smallest absolute Gasteiger partial charge is 0.420 e. The average Bonchev–Trinajstić information content (AvgIpc) is 3.59. The van der Waals surface area contributed by atoms with Crippen LogP contribution >= 0.6 is 0 Å². The van der Waals surface area contributed by atoms with Crippen molar-refractivity contribution in [2.24, 2.45) is 0 Å². The van der Waals surface area contributed by atoms with E-state index in [2.05, 4.69) is 46.3 Å². The van der Waals surface area contributed by atoms with Crippen LogP contribution in [0.5, 0.6) is 0 Å². The Bertz CT molecular complexity index is 1340. The Balaban J connectivity index is 0.000000270. The Labute approximate surface area is 312 Å². The predicted molar refractivity (Wildman–Crippen MR) is 170 cm³/mol. The molecule has 0 spiro atoms. The largest absolute Gasteiger partial charge is 1.00 e. The predicted octanol–water partition coefficient (Wildman–Crippen LogP) is 4.90. The monoisotopic (exact) mass is 687 g/mol. The first-order valence-corrected chi connectivity index (χ1v) is 15.1. The van der Waals surface area contributed by atoms with E-state index in [1.54, 1.807) is 24.1 Å². The summed E-state index contributed by atoms with van der Waals surface area (Å²) >= 11 is 0. The van der Waals surface area contributed by atoms with Crippen LogP contribution in [0.4, 0.5) is 0 Å². The fourth-order valence-electron chi connectivity index (χ4n) is 6.03. The standard InChI is InChI=1S/C16H16N4O.C16H23N.C2H6.CH3.Cs/c1-10-19-20-16(21-10)14(17)9-12-7-4-6-11-5-2-3-8-13(11)15(12)18;1-13-4-5-14-6-8-16(9-7-15(14)12-13)17-10-2-3-11-17;1-2;;/h2-3,5,8-9,17-18H,4,6-7H2,1H3;4-5,12,16H,2-3,6-11H2,1H3;1-2H3;1H3;/q;;;-1;+1/b12-9-,17-14?,18-15?;;;;. The molecule has 1 atom stereocenters. The molecule has 3 aliphatic rings. The normalized spacial score (nSPS) is 18.8. The van der Waals surface area contributed by atoms with Gasteiger partial charge >= 0.3 is 68.9 Å². The van der Waals surface area contributed by atoms with E-state index < -0.39 is 0 Å². The van der Waals surface area contributed by atoms with Crippen LogP contribution < -0.4 is 68.9 Å². The summed E-state index contributed by atoms with van der Waals surface area (Å²) < 4.78 is 5.26. The van der Waals surface area contributed by atoms with Crippen LogP contribution in [0.1, 0.15) is 92.0 Å². The van der Waals surface area contributed by atoms with Gasteiger partial charge < -0.3 is 16.7 Å². The fraction of sp³-hybridized carbons (Fsp3) is 0.457. The Morgan fingerprint density at radius 3 is 2.26 bits per heavy atom. The van der Waals surface area contributed by atoms with E-state index in [9.17, 15) is 0 Å². The van der Waals surface area contributed by atoms with Gasteiger partial charge in [0.15, 0.2) is 0 Å². The Hall–Kier alpha value is -1.33. The zero-order valence-electron chi connectivity index (χ0n) is 26.7. The summed E-state index contributed by atoms with van der Waals surface area (Å²) in [4.78, 5) is 2.73. The zero-order valence-corrected chi connectivity index (χ0v) is 33.0. The molecular formula is C35H48CsN5O. The molecule has 6 rings (SSSR count). The van der Waals surface area contributed by atoms with Gasteiger partial charge in [0.2, 0.25) is 5.89 Å². The number of allylic oxidation sites excluding steroid dienone is 2. The Kier molecular flexibility index (Phi) is 16.2. The van der Waals surface area contributed by atoms with Crippen molar-refractivity contribution >= 4 is 11.4 Å². The van der Waals surface area contributed by atoms with Crippen molar-refractivity contribution in [3.63, 3.8) is 0 Å². The molecule has 6 nitrogen and oxygen atoms in total. The molecule has 0 bridgehead atoms. The molecule has 2 N–H and O–H groups in total. The first-order valence-electron chi connectivity index (χ1n) is 15.1. The minimum Gasteiger partial charge on any atom is -0.420 e. The van der Waals surface area contributed by atoms with E-state index >= 15 is 0 Å². The number of fused-ring (bicyclic) bond motifs is 2. The molecule has 2 aliphatic carbocycles. The second-order valence-electron chi connectivity index (χ2n) is 10.8. The number of likely N-dealkylation sites (tertiary alicyclic amines) is 1. The van der Waals surface area contributed by atoms with Gasteiger partial charge in [-0.15, -0.1) is 10.2 Å². The molecule has 1 fully saturated rings. The first kappa shape index (κ1) is 36.9. The van der Waals surface area contributed by atoms with E-state index in [-0.39, 0.29) is 87.9 Å². The van der Waals surface area contributed by atoms with Crippen LogP contribution in [-0.2, 0) is 19.3 Å². The van der Waals surface area contributed by atoms with Crippen LogP contribution in [0.2, 0.25) is 0 Å². The summed E-state index contributed by atoms with van der Waals surface area (Å²) in [6.45, 7) is 10.6. The number of nitrogens with one attached hydrogen (secondary N) is 2. The van der Waals surface area contributed by atoms with Crippen molar-refractivity contribution in [2.45, 2.75) is 91.5 Å². The molecule has 1 aromatic heterocycles. The van der Waals surface area contributed by atoms with Gasteiger partial charge in [0.1, 0.15) is 5.71 Å². The molecule has 1 saturated heterocycles. The second kappa shape index (κ2) is 18.5. The topological polar surface area (TPSA) is 89.9 Å². The number of aryl methyl sites for hydroxylation is 5. The quantitative estimate of drug-likeness (QED) is 0.233. The maximum absolute atomic E-state index is 8.40.